The number of rotatable bonds is 4. The number of nitrogens with zero attached hydrogens (tertiary/aromatic N) is 2. The largest absolute Gasteiger partial charge is 0.361 e. The molecule has 2 heterocycles. The average molecular weight is 254 g/mol. The molecule has 0 fully saturated rings. The van der Waals surface area contributed by atoms with Crippen molar-refractivity contribution in [2.75, 3.05) is 0 Å². The lowest BCUT2D eigenvalue weighted by Crippen LogP contribution is -2.13. The van der Waals surface area contributed by atoms with Crippen molar-refractivity contribution in [1.29, 1.82) is 0 Å². The summed E-state index contributed by atoms with van der Waals surface area (Å²) in [5.41, 5.74) is 4.86. The van der Waals surface area contributed by atoms with Crippen LogP contribution in [0.2, 0.25) is 0 Å². The molecule has 0 aliphatic rings. The zero-order chi connectivity index (χ0) is 13.2. The summed E-state index contributed by atoms with van der Waals surface area (Å²) in [6, 6.07) is 8.48. The van der Waals surface area contributed by atoms with Crippen LogP contribution >= 0.6 is 0 Å². The predicted molar refractivity (Wildman–Crippen MR) is 76.8 cm³/mol. The van der Waals surface area contributed by atoms with Gasteiger partial charge in [-0.05, 0) is 23.9 Å². The third kappa shape index (κ3) is 2.39. The molecule has 3 aromatic rings. The number of aryl methyl sites for hydroxylation is 2. The van der Waals surface area contributed by atoms with Gasteiger partial charge in [0.1, 0.15) is 0 Å². The van der Waals surface area contributed by atoms with E-state index >= 15 is 0 Å². The first kappa shape index (κ1) is 12.0. The molecule has 0 radical (unpaired) electrons. The van der Waals surface area contributed by atoms with Crippen molar-refractivity contribution in [1.82, 2.24) is 20.1 Å². The minimum atomic E-state index is 0.844. The second kappa shape index (κ2) is 4.90. The van der Waals surface area contributed by atoms with Gasteiger partial charge in [0, 0.05) is 43.6 Å². The SMILES string of the molecule is Cc1nn(C)cc1CNCc1cccc2cc[nH]c12. The molecule has 4 heteroatoms. The van der Waals surface area contributed by atoms with E-state index in [0.717, 1.165) is 18.8 Å². The van der Waals surface area contributed by atoms with Crippen LogP contribution in [-0.4, -0.2) is 14.8 Å². The highest BCUT2D eigenvalue weighted by Crippen LogP contribution is 2.16. The topological polar surface area (TPSA) is 45.6 Å². The molecule has 0 amide bonds. The fourth-order valence-electron chi connectivity index (χ4n) is 2.45. The third-order valence-electron chi connectivity index (χ3n) is 3.42. The number of benzene rings is 1. The number of aromatic nitrogens is 3. The fraction of sp³-hybridized carbons (Fsp3) is 0.267. The number of fused-ring (bicyclic) bond motifs is 1. The first-order valence-electron chi connectivity index (χ1n) is 6.49. The van der Waals surface area contributed by atoms with Gasteiger partial charge in [0.25, 0.3) is 0 Å². The number of hydrogen-bond donors (Lipinski definition) is 2. The maximum absolute atomic E-state index is 4.35. The normalized spacial score (nSPS) is 11.3. The lowest BCUT2D eigenvalue weighted by molar-refractivity contribution is 0.692. The van der Waals surface area contributed by atoms with Gasteiger partial charge in [0.15, 0.2) is 0 Å². The highest BCUT2D eigenvalue weighted by Gasteiger charge is 2.04. The van der Waals surface area contributed by atoms with E-state index in [4.69, 9.17) is 0 Å². The van der Waals surface area contributed by atoms with Crippen molar-refractivity contribution >= 4 is 10.9 Å². The van der Waals surface area contributed by atoms with Gasteiger partial charge in [0.2, 0.25) is 0 Å². The molecular weight excluding hydrogens is 236 g/mol. The minimum absolute atomic E-state index is 0.844. The summed E-state index contributed by atoms with van der Waals surface area (Å²) in [6.45, 7) is 3.74. The number of para-hydroxylation sites is 1. The molecule has 0 bridgehead atoms. The Morgan fingerprint density at radius 1 is 1.21 bits per heavy atom. The third-order valence-corrected chi connectivity index (χ3v) is 3.42. The zero-order valence-electron chi connectivity index (χ0n) is 11.3. The Morgan fingerprint density at radius 3 is 2.84 bits per heavy atom. The van der Waals surface area contributed by atoms with Gasteiger partial charge < -0.3 is 10.3 Å². The van der Waals surface area contributed by atoms with Crippen molar-refractivity contribution in [2.45, 2.75) is 20.0 Å². The molecule has 0 aliphatic heterocycles. The van der Waals surface area contributed by atoms with Gasteiger partial charge in [-0.3, -0.25) is 4.68 Å². The molecular formula is C15H18N4. The number of H-pyrrole nitrogens is 1. The molecule has 0 saturated heterocycles. The molecule has 0 atom stereocenters. The van der Waals surface area contributed by atoms with Crippen LogP contribution in [0.15, 0.2) is 36.7 Å². The van der Waals surface area contributed by atoms with Gasteiger partial charge in [-0.25, -0.2) is 0 Å². The fourth-order valence-corrected chi connectivity index (χ4v) is 2.45. The van der Waals surface area contributed by atoms with E-state index < -0.39 is 0 Å². The molecule has 3 rings (SSSR count). The summed E-state index contributed by atoms with van der Waals surface area (Å²) in [7, 11) is 1.95. The maximum Gasteiger partial charge on any atom is 0.0638 e. The van der Waals surface area contributed by atoms with Gasteiger partial charge in [-0.1, -0.05) is 18.2 Å². The summed E-state index contributed by atoms with van der Waals surface area (Å²) in [4.78, 5) is 3.30. The molecule has 0 unspecified atom stereocenters. The van der Waals surface area contributed by atoms with Crippen LogP contribution in [-0.2, 0) is 20.1 Å². The van der Waals surface area contributed by atoms with E-state index in [-0.39, 0.29) is 0 Å². The van der Waals surface area contributed by atoms with Gasteiger partial charge >= 0.3 is 0 Å². The van der Waals surface area contributed by atoms with E-state index in [1.165, 1.54) is 22.0 Å². The Labute approximate surface area is 112 Å². The molecule has 1 aromatic carbocycles. The Kier molecular flexibility index (Phi) is 3.09. The van der Waals surface area contributed by atoms with Crippen molar-refractivity contribution in [3.8, 4) is 0 Å². The summed E-state index contributed by atoms with van der Waals surface area (Å²) in [6.07, 6.45) is 4.05. The lowest BCUT2D eigenvalue weighted by atomic mass is 10.1. The van der Waals surface area contributed by atoms with Gasteiger partial charge in [-0.2, -0.15) is 5.10 Å². The van der Waals surface area contributed by atoms with Gasteiger partial charge in [-0.15, -0.1) is 0 Å². The second-order valence-corrected chi connectivity index (χ2v) is 4.88. The summed E-state index contributed by atoms with van der Waals surface area (Å²) in [5, 5.41) is 9.09. The smallest absolute Gasteiger partial charge is 0.0638 e. The van der Waals surface area contributed by atoms with E-state index in [0.29, 0.717) is 0 Å². The van der Waals surface area contributed by atoms with Gasteiger partial charge in [0.05, 0.1) is 5.69 Å². The summed E-state index contributed by atoms with van der Waals surface area (Å²) in [5.74, 6) is 0. The van der Waals surface area contributed by atoms with Crippen LogP contribution in [0.4, 0.5) is 0 Å². The Morgan fingerprint density at radius 2 is 2.05 bits per heavy atom. The van der Waals surface area contributed by atoms with Crippen LogP contribution in [0.5, 0.6) is 0 Å². The second-order valence-electron chi connectivity index (χ2n) is 4.88. The lowest BCUT2D eigenvalue weighted by Gasteiger charge is -2.05. The average Bonchev–Trinajstić information content (AvgIpc) is 2.97. The van der Waals surface area contributed by atoms with E-state index in [9.17, 15) is 0 Å². The van der Waals surface area contributed by atoms with Crippen LogP contribution in [0.3, 0.4) is 0 Å². The number of aromatic amines is 1. The summed E-state index contributed by atoms with van der Waals surface area (Å²) < 4.78 is 1.86. The van der Waals surface area contributed by atoms with Crippen LogP contribution < -0.4 is 5.32 Å². The molecule has 2 N–H and O–H groups in total. The van der Waals surface area contributed by atoms with Crippen LogP contribution in [0, 0.1) is 6.92 Å². The van der Waals surface area contributed by atoms with Crippen molar-refractivity contribution in [3.05, 3.63) is 53.5 Å². The monoisotopic (exact) mass is 254 g/mol. The molecule has 4 nitrogen and oxygen atoms in total. The molecule has 2 aromatic heterocycles. The molecule has 0 spiro atoms. The first-order valence-corrected chi connectivity index (χ1v) is 6.49. The highest BCUT2D eigenvalue weighted by molar-refractivity contribution is 5.82. The van der Waals surface area contributed by atoms with E-state index in [1.54, 1.807) is 0 Å². The quantitative estimate of drug-likeness (QED) is 0.751. The first-order chi connectivity index (χ1) is 9.24. The maximum atomic E-state index is 4.35. The standard InChI is InChI=1S/C15H18N4/c1-11-14(10-19(2)18-11)9-16-8-13-5-3-4-12-6-7-17-15(12)13/h3-7,10,16-17H,8-9H2,1-2H3. The van der Waals surface area contributed by atoms with Crippen molar-refractivity contribution in [2.24, 2.45) is 7.05 Å². The Balaban J connectivity index is 1.69. The minimum Gasteiger partial charge on any atom is -0.361 e. The van der Waals surface area contributed by atoms with Crippen molar-refractivity contribution in [3.63, 3.8) is 0 Å². The Bertz CT molecular complexity index is 693. The molecule has 98 valence electrons. The Hall–Kier alpha value is -2.07. The van der Waals surface area contributed by atoms with Crippen LogP contribution in [0.25, 0.3) is 10.9 Å². The van der Waals surface area contributed by atoms with Crippen LogP contribution in [0.1, 0.15) is 16.8 Å². The highest BCUT2D eigenvalue weighted by atomic mass is 15.2. The molecule has 0 aliphatic carbocycles. The van der Waals surface area contributed by atoms with E-state index in [1.807, 2.05) is 24.9 Å². The molecule has 0 saturated carbocycles. The molecule has 19 heavy (non-hydrogen) atoms. The van der Waals surface area contributed by atoms with E-state index in [2.05, 4.69) is 45.9 Å². The predicted octanol–water partition coefficient (Wildman–Crippen LogP) is 2.50. The number of hydrogen-bond acceptors (Lipinski definition) is 2. The summed E-state index contributed by atoms with van der Waals surface area (Å²) >= 11 is 0. The number of nitrogens with one attached hydrogen (secondary N) is 2. The zero-order valence-corrected chi connectivity index (χ0v) is 11.3. The van der Waals surface area contributed by atoms with Crippen molar-refractivity contribution < 1.29 is 0 Å².